The zero-order valence-electron chi connectivity index (χ0n) is 33.3. The molecule has 0 N–H and O–H groups in total. The third-order valence-corrected chi connectivity index (χ3v) is 12.4. The number of hydrogen-bond acceptors (Lipinski definition) is 4. The van der Waals surface area contributed by atoms with Gasteiger partial charge in [0.05, 0.1) is 22.3 Å². The molecule has 13 aromatic rings. The number of nitrogens with zero attached hydrogens (tertiary/aromatic N) is 4. The summed E-state index contributed by atoms with van der Waals surface area (Å²) < 4.78 is 9.01. The standard InChI is InChI=1S/C57H34N4O/c1-3-15-35(16-4-1)41-24-13-26-44-49(61-50-33-39-21-9-7-19-37(39)31-47(50)48-32-38-20-8-10-22-40(38)34-51(48)61)30-29-45(53(41)44)56-58-55(36-17-5-2-6-18-36)59-57(60-56)46-27-14-25-43-42-23-11-12-28-52(42)62-54(43)46/h1-34H. The van der Waals surface area contributed by atoms with Crippen LogP contribution < -0.4 is 0 Å². The van der Waals surface area contributed by atoms with Gasteiger partial charge in [-0.05, 0) is 81.2 Å². The van der Waals surface area contributed by atoms with Gasteiger partial charge in [0, 0.05) is 43.4 Å². The Hall–Kier alpha value is -8.41. The fourth-order valence-electron chi connectivity index (χ4n) is 9.53. The molecule has 0 spiro atoms. The lowest BCUT2D eigenvalue weighted by molar-refractivity contribution is 0.669. The molecule has 0 bridgehead atoms. The third-order valence-electron chi connectivity index (χ3n) is 12.4. The number of hydrogen-bond donors (Lipinski definition) is 0. The van der Waals surface area contributed by atoms with Gasteiger partial charge >= 0.3 is 0 Å². The lowest BCUT2D eigenvalue weighted by Gasteiger charge is -2.18. The molecule has 0 aliphatic heterocycles. The Morgan fingerprint density at radius 2 is 0.855 bits per heavy atom. The van der Waals surface area contributed by atoms with Crippen LogP contribution in [0.5, 0.6) is 0 Å². The molecule has 0 unspecified atom stereocenters. The molecule has 0 aliphatic rings. The highest BCUT2D eigenvalue weighted by Crippen LogP contribution is 2.44. The van der Waals surface area contributed by atoms with E-state index in [9.17, 15) is 0 Å². The normalized spacial score (nSPS) is 11.9. The Bertz CT molecular complexity index is 3830. The summed E-state index contributed by atoms with van der Waals surface area (Å²) in [6.07, 6.45) is 0. The van der Waals surface area contributed by atoms with Crippen LogP contribution in [0, 0.1) is 0 Å². The van der Waals surface area contributed by atoms with Gasteiger partial charge < -0.3 is 8.98 Å². The molecule has 0 saturated carbocycles. The summed E-state index contributed by atoms with van der Waals surface area (Å²) in [5, 5.41) is 11.5. The molecule has 5 nitrogen and oxygen atoms in total. The van der Waals surface area contributed by atoms with E-state index in [0.717, 1.165) is 77.2 Å². The van der Waals surface area contributed by atoms with Crippen LogP contribution in [0.1, 0.15) is 0 Å². The molecule has 3 aromatic heterocycles. The molecule has 5 heteroatoms. The van der Waals surface area contributed by atoms with Crippen molar-refractivity contribution in [3.05, 3.63) is 206 Å². The minimum absolute atomic E-state index is 0.550. The van der Waals surface area contributed by atoms with Crippen LogP contribution in [0.4, 0.5) is 0 Å². The van der Waals surface area contributed by atoms with Gasteiger partial charge in [-0.2, -0.15) is 0 Å². The van der Waals surface area contributed by atoms with E-state index < -0.39 is 0 Å². The highest BCUT2D eigenvalue weighted by atomic mass is 16.3. The van der Waals surface area contributed by atoms with Crippen molar-refractivity contribution in [2.24, 2.45) is 0 Å². The minimum Gasteiger partial charge on any atom is -0.455 e. The quantitative estimate of drug-likeness (QED) is 0.174. The van der Waals surface area contributed by atoms with Crippen molar-refractivity contribution >= 4 is 76.1 Å². The first-order chi connectivity index (χ1) is 30.7. The summed E-state index contributed by atoms with van der Waals surface area (Å²) in [5.74, 6) is 1.73. The third kappa shape index (κ3) is 5.32. The van der Waals surface area contributed by atoms with Crippen molar-refractivity contribution in [3.8, 4) is 51.0 Å². The van der Waals surface area contributed by atoms with Gasteiger partial charge in [0.1, 0.15) is 11.2 Å². The molecule has 0 saturated heterocycles. The van der Waals surface area contributed by atoms with Crippen LogP contribution in [0.15, 0.2) is 211 Å². The van der Waals surface area contributed by atoms with Gasteiger partial charge in [-0.15, -0.1) is 0 Å². The van der Waals surface area contributed by atoms with E-state index in [2.05, 4.69) is 168 Å². The molecule has 10 aromatic carbocycles. The molecule has 288 valence electrons. The van der Waals surface area contributed by atoms with Gasteiger partial charge in [0.2, 0.25) is 0 Å². The van der Waals surface area contributed by atoms with Gasteiger partial charge in [0.15, 0.2) is 17.5 Å². The van der Waals surface area contributed by atoms with E-state index >= 15 is 0 Å². The van der Waals surface area contributed by atoms with E-state index in [4.69, 9.17) is 19.4 Å². The average Bonchev–Trinajstić information content (AvgIpc) is 3.87. The number of furan rings is 1. The van der Waals surface area contributed by atoms with Gasteiger partial charge in [-0.1, -0.05) is 158 Å². The first-order valence-corrected chi connectivity index (χ1v) is 20.9. The van der Waals surface area contributed by atoms with Crippen molar-refractivity contribution in [2.45, 2.75) is 0 Å². The summed E-state index contributed by atoms with van der Waals surface area (Å²) in [4.78, 5) is 15.9. The Balaban J connectivity index is 1.13. The van der Waals surface area contributed by atoms with Crippen LogP contribution in [-0.4, -0.2) is 19.5 Å². The lowest BCUT2D eigenvalue weighted by Crippen LogP contribution is -2.02. The lowest BCUT2D eigenvalue weighted by atomic mass is 9.93. The first-order valence-electron chi connectivity index (χ1n) is 20.9. The number of rotatable bonds is 5. The summed E-state index contributed by atoms with van der Waals surface area (Å²) in [6, 6.07) is 72.9. The molecule has 0 fully saturated rings. The largest absolute Gasteiger partial charge is 0.455 e. The second-order valence-electron chi connectivity index (χ2n) is 15.9. The Kier molecular flexibility index (Phi) is 7.54. The van der Waals surface area contributed by atoms with Gasteiger partial charge in [-0.3, -0.25) is 0 Å². The Morgan fingerprint density at radius 3 is 1.53 bits per heavy atom. The fraction of sp³-hybridized carbons (Fsp3) is 0. The maximum atomic E-state index is 6.55. The van der Waals surface area contributed by atoms with Crippen LogP contribution in [-0.2, 0) is 0 Å². The molecule has 3 heterocycles. The molecule has 0 amide bonds. The van der Waals surface area contributed by atoms with E-state index in [1.54, 1.807) is 0 Å². The maximum Gasteiger partial charge on any atom is 0.167 e. The Morgan fingerprint density at radius 1 is 0.339 bits per heavy atom. The number of aromatic nitrogens is 4. The van der Waals surface area contributed by atoms with Crippen LogP contribution in [0.2, 0.25) is 0 Å². The zero-order valence-corrected chi connectivity index (χ0v) is 33.3. The predicted octanol–water partition coefficient (Wildman–Crippen LogP) is 15.0. The molecule has 0 radical (unpaired) electrons. The van der Waals surface area contributed by atoms with Crippen LogP contribution in [0.25, 0.3) is 127 Å². The number of benzene rings is 10. The second kappa shape index (κ2) is 13.6. The van der Waals surface area contributed by atoms with Gasteiger partial charge in [-0.25, -0.2) is 15.0 Å². The maximum absolute atomic E-state index is 6.55. The highest BCUT2D eigenvalue weighted by molar-refractivity contribution is 6.18. The smallest absolute Gasteiger partial charge is 0.167 e. The molecule has 0 aliphatic carbocycles. The average molecular weight is 791 g/mol. The minimum atomic E-state index is 0.550. The SMILES string of the molecule is c1ccc(-c2nc(-c3cccc4c3oc3ccccc34)nc(-c3ccc(-n4c5cc6ccccc6cc5c5cc6ccccc6cc54)c4cccc(-c5ccccc5)c34)n2)cc1. The van der Waals surface area contributed by atoms with E-state index in [1.807, 2.05) is 42.5 Å². The van der Waals surface area contributed by atoms with Crippen molar-refractivity contribution < 1.29 is 4.42 Å². The monoisotopic (exact) mass is 790 g/mol. The molecule has 62 heavy (non-hydrogen) atoms. The topological polar surface area (TPSA) is 56.7 Å². The second-order valence-corrected chi connectivity index (χ2v) is 15.9. The fourth-order valence-corrected chi connectivity index (χ4v) is 9.53. The van der Waals surface area contributed by atoms with Crippen molar-refractivity contribution in [1.82, 2.24) is 19.5 Å². The Labute approximate surface area is 355 Å². The van der Waals surface area contributed by atoms with E-state index in [0.29, 0.717) is 17.5 Å². The van der Waals surface area contributed by atoms with Crippen LogP contribution in [0.3, 0.4) is 0 Å². The van der Waals surface area contributed by atoms with E-state index in [-0.39, 0.29) is 0 Å². The van der Waals surface area contributed by atoms with Crippen molar-refractivity contribution in [2.75, 3.05) is 0 Å². The van der Waals surface area contributed by atoms with Crippen molar-refractivity contribution in [3.63, 3.8) is 0 Å². The first kappa shape index (κ1) is 34.5. The summed E-state index contributed by atoms with van der Waals surface area (Å²) in [5.41, 5.74) is 9.81. The number of para-hydroxylation sites is 2. The van der Waals surface area contributed by atoms with Crippen LogP contribution >= 0.6 is 0 Å². The predicted molar refractivity (Wildman–Crippen MR) is 256 cm³/mol. The molecule has 13 rings (SSSR count). The summed E-state index contributed by atoms with van der Waals surface area (Å²) in [6.45, 7) is 0. The zero-order chi connectivity index (χ0) is 40.7. The molecule has 0 atom stereocenters. The number of fused-ring (bicyclic) bond motifs is 9. The van der Waals surface area contributed by atoms with Crippen molar-refractivity contribution in [1.29, 1.82) is 0 Å². The van der Waals surface area contributed by atoms with Gasteiger partial charge in [0.25, 0.3) is 0 Å². The summed E-state index contributed by atoms with van der Waals surface area (Å²) in [7, 11) is 0. The van der Waals surface area contributed by atoms with E-state index in [1.165, 1.54) is 32.3 Å². The highest BCUT2D eigenvalue weighted by Gasteiger charge is 2.23. The summed E-state index contributed by atoms with van der Waals surface area (Å²) >= 11 is 0. The molecular formula is C57H34N4O. The molecular weight excluding hydrogens is 757 g/mol.